The zero-order valence-corrected chi connectivity index (χ0v) is 11.8. The standard InChI is InChI=1S/C16H22O3/c1-3-4-5-6-15(17)12-9-13-7-10-14(11-8-13)16(18)19-2/h7-8,10-11H,3-6,9,12H2,1-2H3. The molecule has 0 fully saturated rings. The lowest BCUT2D eigenvalue weighted by atomic mass is 10.0. The predicted octanol–water partition coefficient (Wildman–Crippen LogP) is 3.56. The van der Waals surface area contributed by atoms with Crippen molar-refractivity contribution in [1.29, 1.82) is 0 Å². The summed E-state index contributed by atoms with van der Waals surface area (Å²) in [4.78, 5) is 22.9. The van der Waals surface area contributed by atoms with Gasteiger partial charge in [-0.05, 0) is 30.5 Å². The van der Waals surface area contributed by atoms with Gasteiger partial charge in [0.05, 0.1) is 12.7 Å². The van der Waals surface area contributed by atoms with E-state index >= 15 is 0 Å². The van der Waals surface area contributed by atoms with E-state index < -0.39 is 0 Å². The molecule has 1 rings (SSSR count). The highest BCUT2D eigenvalue weighted by atomic mass is 16.5. The number of aryl methyl sites for hydroxylation is 1. The lowest BCUT2D eigenvalue weighted by Crippen LogP contribution is -2.02. The number of unbranched alkanes of at least 4 members (excludes halogenated alkanes) is 2. The molecule has 0 spiro atoms. The Labute approximate surface area is 115 Å². The number of hydrogen-bond donors (Lipinski definition) is 0. The van der Waals surface area contributed by atoms with Crippen LogP contribution in [-0.4, -0.2) is 18.9 Å². The van der Waals surface area contributed by atoms with Crippen LogP contribution < -0.4 is 0 Å². The Morgan fingerprint density at radius 2 is 1.74 bits per heavy atom. The average molecular weight is 262 g/mol. The van der Waals surface area contributed by atoms with Gasteiger partial charge in [0.2, 0.25) is 0 Å². The van der Waals surface area contributed by atoms with Gasteiger partial charge in [0, 0.05) is 12.8 Å². The summed E-state index contributed by atoms with van der Waals surface area (Å²) >= 11 is 0. The number of methoxy groups -OCH3 is 1. The maximum absolute atomic E-state index is 11.6. The van der Waals surface area contributed by atoms with Gasteiger partial charge in [0.1, 0.15) is 5.78 Å². The van der Waals surface area contributed by atoms with Crippen molar-refractivity contribution in [2.24, 2.45) is 0 Å². The van der Waals surface area contributed by atoms with E-state index in [-0.39, 0.29) is 5.97 Å². The Hall–Kier alpha value is -1.64. The van der Waals surface area contributed by atoms with Crippen molar-refractivity contribution in [3.63, 3.8) is 0 Å². The molecular formula is C16H22O3. The molecule has 1 aromatic carbocycles. The number of carbonyl (C=O) groups is 2. The molecule has 19 heavy (non-hydrogen) atoms. The second-order valence-corrected chi connectivity index (χ2v) is 4.68. The fraction of sp³-hybridized carbons (Fsp3) is 0.500. The number of ketones is 1. The van der Waals surface area contributed by atoms with E-state index in [2.05, 4.69) is 11.7 Å². The third-order valence-corrected chi connectivity index (χ3v) is 3.13. The SMILES string of the molecule is CCCCCC(=O)CCc1ccc(C(=O)OC)cc1. The molecule has 0 aliphatic heterocycles. The average Bonchev–Trinajstić information content (AvgIpc) is 2.45. The second kappa shape index (κ2) is 8.46. The first-order chi connectivity index (χ1) is 9.17. The van der Waals surface area contributed by atoms with Gasteiger partial charge in [0.15, 0.2) is 0 Å². The molecule has 0 heterocycles. The maximum atomic E-state index is 11.6. The van der Waals surface area contributed by atoms with Crippen molar-refractivity contribution < 1.29 is 14.3 Å². The van der Waals surface area contributed by atoms with Gasteiger partial charge in [-0.1, -0.05) is 31.9 Å². The number of hydrogen-bond acceptors (Lipinski definition) is 3. The van der Waals surface area contributed by atoms with Crippen molar-refractivity contribution in [3.8, 4) is 0 Å². The largest absolute Gasteiger partial charge is 0.465 e. The van der Waals surface area contributed by atoms with Gasteiger partial charge in [-0.15, -0.1) is 0 Å². The first-order valence-electron chi connectivity index (χ1n) is 6.86. The molecule has 0 saturated heterocycles. The number of carbonyl (C=O) groups excluding carboxylic acids is 2. The highest BCUT2D eigenvalue weighted by Crippen LogP contribution is 2.10. The number of rotatable bonds is 8. The Morgan fingerprint density at radius 1 is 1.05 bits per heavy atom. The first kappa shape index (κ1) is 15.4. The summed E-state index contributed by atoms with van der Waals surface area (Å²) in [7, 11) is 1.37. The number of Topliss-reactive ketones (excluding diaryl/α,β-unsaturated/α-hetero) is 1. The van der Waals surface area contributed by atoms with E-state index in [9.17, 15) is 9.59 Å². The number of benzene rings is 1. The van der Waals surface area contributed by atoms with E-state index in [1.807, 2.05) is 12.1 Å². The third kappa shape index (κ3) is 5.69. The topological polar surface area (TPSA) is 43.4 Å². The molecule has 0 aromatic heterocycles. The van der Waals surface area contributed by atoms with Crippen LogP contribution in [0.1, 0.15) is 54.9 Å². The minimum Gasteiger partial charge on any atom is -0.465 e. The van der Waals surface area contributed by atoms with Crippen LogP contribution in [0.4, 0.5) is 0 Å². The molecule has 0 saturated carbocycles. The van der Waals surface area contributed by atoms with Gasteiger partial charge in [0.25, 0.3) is 0 Å². The second-order valence-electron chi connectivity index (χ2n) is 4.68. The van der Waals surface area contributed by atoms with Crippen LogP contribution in [0.2, 0.25) is 0 Å². The molecule has 0 unspecified atom stereocenters. The minimum absolute atomic E-state index is 0.325. The van der Waals surface area contributed by atoms with E-state index in [1.54, 1.807) is 12.1 Å². The van der Waals surface area contributed by atoms with Crippen molar-refractivity contribution in [1.82, 2.24) is 0 Å². The molecule has 0 amide bonds. The normalized spacial score (nSPS) is 10.2. The van der Waals surface area contributed by atoms with Gasteiger partial charge in [-0.25, -0.2) is 4.79 Å². The molecule has 1 aromatic rings. The summed E-state index contributed by atoms with van der Waals surface area (Å²) in [6, 6.07) is 7.24. The molecular weight excluding hydrogens is 240 g/mol. The minimum atomic E-state index is -0.331. The Bertz CT molecular complexity index is 407. The Balaban J connectivity index is 2.37. The monoisotopic (exact) mass is 262 g/mol. The molecule has 3 nitrogen and oxygen atoms in total. The number of esters is 1. The van der Waals surface area contributed by atoms with Crippen LogP contribution in [0.3, 0.4) is 0 Å². The molecule has 104 valence electrons. The first-order valence-corrected chi connectivity index (χ1v) is 6.86. The van der Waals surface area contributed by atoms with Crippen molar-refractivity contribution >= 4 is 11.8 Å². The molecule has 0 aliphatic rings. The van der Waals surface area contributed by atoms with E-state index in [4.69, 9.17) is 0 Å². The molecule has 0 atom stereocenters. The summed E-state index contributed by atoms with van der Waals surface area (Å²) in [6.45, 7) is 2.13. The lowest BCUT2D eigenvalue weighted by Gasteiger charge is -2.03. The van der Waals surface area contributed by atoms with Crippen molar-refractivity contribution in [3.05, 3.63) is 35.4 Å². The fourth-order valence-electron chi connectivity index (χ4n) is 1.91. The van der Waals surface area contributed by atoms with Gasteiger partial charge in [-0.2, -0.15) is 0 Å². The zero-order valence-electron chi connectivity index (χ0n) is 11.8. The van der Waals surface area contributed by atoms with Gasteiger partial charge in [-0.3, -0.25) is 4.79 Å². The van der Waals surface area contributed by atoms with Crippen LogP contribution >= 0.6 is 0 Å². The van der Waals surface area contributed by atoms with Gasteiger partial charge >= 0.3 is 5.97 Å². The van der Waals surface area contributed by atoms with E-state index in [1.165, 1.54) is 7.11 Å². The Morgan fingerprint density at radius 3 is 2.32 bits per heavy atom. The Kier molecular flexibility index (Phi) is 6.86. The van der Waals surface area contributed by atoms with Gasteiger partial charge < -0.3 is 4.74 Å². The van der Waals surface area contributed by atoms with Crippen LogP contribution in [0.15, 0.2) is 24.3 Å². The fourth-order valence-corrected chi connectivity index (χ4v) is 1.91. The van der Waals surface area contributed by atoms with Crippen molar-refractivity contribution in [2.75, 3.05) is 7.11 Å². The smallest absolute Gasteiger partial charge is 0.337 e. The highest BCUT2D eigenvalue weighted by Gasteiger charge is 2.06. The quantitative estimate of drug-likeness (QED) is 0.531. The van der Waals surface area contributed by atoms with Crippen LogP contribution in [0.5, 0.6) is 0 Å². The predicted molar refractivity (Wildman–Crippen MR) is 75.3 cm³/mol. The molecule has 3 heteroatoms. The summed E-state index contributed by atoms with van der Waals surface area (Å²) < 4.78 is 4.64. The summed E-state index contributed by atoms with van der Waals surface area (Å²) in [5, 5.41) is 0. The lowest BCUT2D eigenvalue weighted by molar-refractivity contribution is -0.119. The summed E-state index contributed by atoms with van der Waals surface area (Å²) in [5.74, 6) is -0.00677. The number of ether oxygens (including phenoxy) is 1. The molecule has 0 bridgehead atoms. The summed E-state index contributed by atoms with van der Waals surface area (Å²) in [5.41, 5.74) is 1.62. The third-order valence-electron chi connectivity index (χ3n) is 3.13. The molecule has 0 N–H and O–H groups in total. The molecule has 0 radical (unpaired) electrons. The highest BCUT2D eigenvalue weighted by molar-refractivity contribution is 5.89. The summed E-state index contributed by atoms with van der Waals surface area (Å²) in [6.07, 6.45) is 5.28. The van der Waals surface area contributed by atoms with E-state index in [0.717, 1.165) is 31.2 Å². The van der Waals surface area contributed by atoms with E-state index in [0.29, 0.717) is 24.2 Å². The maximum Gasteiger partial charge on any atom is 0.337 e. The van der Waals surface area contributed by atoms with Crippen LogP contribution in [0.25, 0.3) is 0 Å². The molecule has 0 aliphatic carbocycles. The zero-order chi connectivity index (χ0) is 14.1. The van der Waals surface area contributed by atoms with Crippen LogP contribution in [-0.2, 0) is 16.0 Å². The van der Waals surface area contributed by atoms with Crippen LogP contribution in [0, 0.1) is 0 Å². The van der Waals surface area contributed by atoms with Crippen molar-refractivity contribution in [2.45, 2.75) is 45.4 Å².